The predicted octanol–water partition coefficient (Wildman–Crippen LogP) is 3.00. The molecule has 0 bridgehead atoms. The summed E-state index contributed by atoms with van der Waals surface area (Å²) in [5, 5.41) is 12.2. The molecule has 1 aliphatic carbocycles. The normalized spacial score (nSPS) is 21.3. The van der Waals surface area contributed by atoms with E-state index in [-0.39, 0.29) is 24.4 Å². The van der Waals surface area contributed by atoms with Crippen molar-refractivity contribution in [3.8, 4) is 6.07 Å². The van der Waals surface area contributed by atoms with Crippen LogP contribution >= 0.6 is 0 Å². The number of rotatable bonds is 4. The van der Waals surface area contributed by atoms with Gasteiger partial charge in [-0.05, 0) is 43.9 Å². The molecule has 1 spiro atoms. The third-order valence-corrected chi connectivity index (χ3v) is 7.54. The quantitative estimate of drug-likeness (QED) is 0.696. The van der Waals surface area contributed by atoms with Gasteiger partial charge >= 0.3 is 6.18 Å². The van der Waals surface area contributed by atoms with E-state index in [9.17, 15) is 22.8 Å². The number of nitriles is 1. The summed E-state index contributed by atoms with van der Waals surface area (Å²) in [7, 11) is 0. The smallest absolute Gasteiger partial charge is 0.371 e. The van der Waals surface area contributed by atoms with Gasteiger partial charge in [0.25, 0.3) is 5.91 Å². The summed E-state index contributed by atoms with van der Waals surface area (Å²) in [4.78, 5) is 37.7. The number of benzene rings is 1. The zero-order valence-corrected chi connectivity index (χ0v) is 19.5. The molecule has 1 atom stereocenters. The second-order valence-electron chi connectivity index (χ2n) is 9.84. The average molecular weight is 499 g/mol. The maximum atomic E-state index is 13.5. The Hall–Kier alpha value is -3.68. The second-order valence-corrected chi connectivity index (χ2v) is 9.84. The molecule has 8 nitrogen and oxygen atoms in total. The van der Waals surface area contributed by atoms with E-state index in [1.165, 1.54) is 30.9 Å². The van der Waals surface area contributed by atoms with Gasteiger partial charge < -0.3 is 15.1 Å². The molecule has 2 aliphatic heterocycles. The summed E-state index contributed by atoms with van der Waals surface area (Å²) in [6.07, 6.45) is 2.61. The van der Waals surface area contributed by atoms with Gasteiger partial charge in [-0.2, -0.15) is 18.4 Å². The van der Waals surface area contributed by atoms with Gasteiger partial charge in [0, 0.05) is 55.7 Å². The first-order valence-electron chi connectivity index (χ1n) is 11.9. The van der Waals surface area contributed by atoms with Crippen molar-refractivity contribution in [2.45, 2.75) is 37.9 Å². The van der Waals surface area contributed by atoms with E-state index in [0.29, 0.717) is 43.7 Å². The predicted molar refractivity (Wildman–Crippen MR) is 123 cm³/mol. The van der Waals surface area contributed by atoms with E-state index in [0.717, 1.165) is 18.9 Å². The van der Waals surface area contributed by atoms with Crippen LogP contribution in [0.3, 0.4) is 0 Å². The molecule has 188 valence electrons. The highest BCUT2D eigenvalue weighted by Gasteiger charge is 2.53. The van der Waals surface area contributed by atoms with Crippen molar-refractivity contribution < 1.29 is 22.8 Å². The van der Waals surface area contributed by atoms with Crippen molar-refractivity contribution in [2.24, 2.45) is 11.3 Å². The SMILES string of the molecule is N#Cc1ccc(N2CCC3(CC2)CN(C(=O)c2cncnc2)CC3C(=O)NC2CC2)cc1C(F)(F)F. The summed E-state index contributed by atoms with van der Waals surface area (Å²) in [6.45, 7) is 1.54. The zero-order valence-electron chi connectivity index (χ0n) is 19.5. The summed E-state index contributed by atoms with van der Waals surface area (Å²) < 4.78 is 40.4. The van der Waals surface area contributed by atoms with E-state index in [4.69, 9.17) is 5.26 Å². The molecule has 5 rings (SSSR count). The molecule has 1 aromatic heterocycles. The van der Waals surface area contributed by atoms with Gasteiger partial charge in [-0.3, -0.25) is 9.59 Å². The van der Waals surface area contributed by atoms with Gasteiger partial charge in [-0.15, -0.1) is 0 Å². The highest BCUT2D eigenvalue weighted by molar-refractivity contribution is 5.94. The number of nitrogens with zero attached hydrogens (tertiary/aromatic N) is 5. The van der Waals surface area contributed by atoms with E-state index in [2.05, 4.69) is 15.3 Å². The largest absolute Gasteiger partial charge is 0.417 e. The van der Waals surface area contributed by atoms with E-state index < -0.39 is 28.6 Å². The number of nitrogens with one attached hydrogen (secondary N) is 1. The third kappa shape index (κ3) is 4.59. The Kier molecular flexibility index (Phi) is 6.06. The Balaban J connectivity index is 1.36. The van der Waals surface area contributed by atoms with Gasteiger partial charge in [0.1, 0.15) is 6.33 Å². The van der Waals surface area contributed by atoms with Crippen LogP contribution in [0, 0.1) is 22.7 Å². The first-order chi connectivity index (χ1) is 17.2. The summed E-state index contributed by atoms with van der Waals surface area (Å²) in [5.41, 5.74) is -1.09. The number of piperidine rings is 1. The van der Waals surface area contributed by atoms with Gasteiger partial charge in [0.2, 0.25) is 5.91 Å². The number of alkyl halides is 3. The first kappa shape index (κ1) is 24.0. The summed E-state index contributed by atoms with van der Waals surface area (Å²) >= 11 is 0. The van der Waals surface area contributed by atoms with Crippen LogP contribution in [0.4, 0.5) is 18.9 Å². The Bertz CT molecular complexity index is 1200. The lowest BCUT2D eigenvalue weighted by molar-refractivity contribution is -0.137. The van der Waals surface area contributed by atoms with Crippen molar-refractivity contribution in [3.63, 3.8) is 0 Å². The molecule has 2 amide bonds. The molecule has 3 fully saturated rings. The lowest BCUT2D eigenvalue weighted by Crippen LogP contribution is -2.49. The van der Waals surface area contributed by atoms with Crippen molar-refractivity contribution >= 4 is 17.5 Å². The average Bonchev–Trinajstić information content (AvgIpc) is 3.62. The van der Waals surface area contributed by atoms with Crippen LogP contribution in [0.15, 0.2) is 36.9 Å². The highest BCUT2D eigenvalue weighted by atomic mass is 19.4. The van der Waals surface area contributed by atoms with E-state index in [1.54, 1.807) is 11.0 Å². The monoisotopic (exact) mass is 498 g/mol. The van der Waals surface area contributed by atoms with E-state index in [1.807, 2.05) is 4.90 Å². The van der Waals surface area contributed by atoms with Crippen LogP contribution < -0.4 is 10.2 Å². The molecule has 1 unspecified atom stereocenters. The standard InChI is InChI=1S/C25H25F3N6O2/c26-25(27,28)20-9-19(4-1-16(20)10-29)33-7-5-24(6-8-33)14-34(23(36)17-11-30-15-31-12-17)13-21(24)22(35)32-18-2-3-18/h1,4,9,11-12,15,18,21H,2-3,5-8,13-14H2,(H,32,35). The topological polar surface area (TPSA) is 102 Å². The lowest BCUT2D eigenvalue weighted by atomic mass is 9.70. The number of carbonyl (C=O) groups excluding carboxylic acids is 2. The molecule has 1 N–H and O–H groups in total. The van der Waals surface area contributed by atoms with Crippen LogP contribution in [0.25, 0.3) is 0 Å². The van der Waals surface area contributed by atoms with Crippen molar-refractivity contribution in [3.05, 3.63) is 53.6 Å². The molecule has 3 heterocycles. The van der Waals surface area contributed by atoms with Gasteiger partial charge in [0.15, 0.2) is 0 Å². The Morgan fingerprint density at radius 1 is 1.14 bits per heavy atom. The molecule has 3 aliphatic rings. The number of hydrogen-bond donors (Lipinski definition) is 1. The number of aromatic nitrogens is 2. The zero-order chi connectivity index (χ0) is 25.5. The molecule has 1 aromatic carbocycles. The van der Waals surface area contributed by atoms with Crippen molar-refractivity contribution in [2.75, 3.05) is 31.1 Å². The second kappa shape index (κ2) is 9.08. The summed E-state index contributed by atoms with van der Waals surface area (Å²) in [6, 6.07) is 5.55. The third-order valence-electron chi connectivity index (χ3n) is 7.54. The minimum absolute atomic E-state index is 0.0664. The number of amides is 2. The fourth-order valence-corrected chi connectivity index (χ4v) is 5.38. The van der Waals surface area contributed by atoms with Crippen LogP contribution in [-0.2, 0) is 11.0 Å². The number of carbonyl (C=O) groups is 2. The van der Waals surface area contributed by atoms with Crippen molar-refractivity contribution in [1.29, 1.82) is 5.26 Å². The number of anilines is 1. The minimum atomic E-state index is -4.63. The van der Waals surface area contributed by atoms with Crippen LogP contribution in [0.5, 0.6) is 0 Å². The maximum absolute atomic E-state index is 13.5. The van der Waals surface area contributed by atoms with Gasteiger partial charge in [-0.25, -0.2) is 9.97 Å². The Labute approximate surface area is 206 Å². The first-order valence-corrected chi connectivity index (χ1v) is 11.9. The molecule has 2 aromatic rings. The minimum Gasteiger partial charge on any atom is -0.371 e. The van der Waals surface area contributed by atoms with Gasteiger partial charge in [-0.1, -0.05) is 0 Å². The number of likely N-dealkylation sites (tertiary alicyclic amines) is 1. The van der Waals surface area contributed by atoms with Crippen LogP contribution in [-0.4, -0.2) is 58.9 Å². The Morgan fingerprint density at radius 2 is 1.83 bits per heavy atom. The Morgan fingerprint density at radius 3 is 2.44 bits per heavy atom. The summed E-state index contributed by atoms with van der Waals surface area (Å²) in [5.74, 6) is -0.704. The molecular weight excluding hydrogens is 473 g/mol. The number of hydrogen-bond acceptors (Lipinski definition) is 6. The van der Waals surface area contributed by atoms with E-state index >= 15 is 0 Å². The van der Waals surface area contributed by atoms with Crippen LogP contribution in [0.2, 0.25) is 0 Å². The molecule has 36 heavy (non-hydrogen) atoms. The fourth-order valence-electron chi connectivity index (χ4n) is 5.38. The molecular formula is C25H25F3N6O2. The van der Waals surface area contributed by atoms with Gasteiger partial charge in [0.05, 0.1) is 28.7 Å². The van der Waals surface area contributed by atoms with Crippen molar-refractivity contribution in [1.82, 2.24) is 20.2 Å². The molecule has 1 saturated carbocycles. The molecule has 0 radical (unpaired) electrons. The number of halogens is 3. The maximum Gasteiger partial charge on any atom is 0.417 e. The molecule has 11 heteroatoms. The van der Waals surface area contributed by atoms with Crippen LogP contribution in [0.1, 0.15) is 47.2 Å². The molecule has 2 saturated heterocycles. The highest BCUT2D eigenvalue weighted by Crippen LogP contribution is 2.46. The lowest BCUT2D eigenvalue weighted by Gasteiger charge is -2.43. The fraction of sp³-hybridized carbons (Fsp3) is 0.480.